The van der Waals surface area contributed by atoms with Gasteiger partial charge in [0.05, 0.1) is 17.1 Å². The summed E-state index contributed by atoms with van der Waals surface area (Å²) in [5, 5.41) is 10.9. The van der Waals surface area contributed by atoms with Crippen molar-refractivity contribution in [2.75, 3.05) is 13.7 Å². The van der Waals surface area contributed by atoms with Crippen LogP contribution >= 0.6 is 11.6 Å². The fourth-order valence-corrected chi connectivity index (χ4v) is 1.52. The van der Waals surface area contributed by atoms with Crippen LogP contribution in [0, 0.1) is 17.0 Å². The second-order valence-electron chi connectivity index (χ2n) is 4.55. The van der Waals surface area contributed by atoms with E-state index in [2.05, 4.69) is 9.97 Å². The van der Waals surface area contributed by atoms with E-state index in [1.807, 2.05) is 13.8 Å². The minimum Gasteiger partial charge on any atom is -0.473 e. The Morgan fingerprint density at radius 3 is 2.58 bits per heavy atom. The zero-order valence-electron chi connectivity index (χ0n) is 11.3. The van der Waals surface area contributed by atoms with Gasteiger partial charge in [0.15, 0.2) is 0 Å². The van der Waals surface area contributed by atoms with Crippen LogP contribution in [0.3, 0.4) is 0 Å². The molecule has 0 aliphatic rings. The van der Waals surface area contributed by atoms with Gasteiger partial charge in [-0.1, -0.05) is 0 Å². The molecule has 0 unspecified atom stereocenters. The van der Waals surface area contributed by atoms with E-state index in [0.29, 0.717) is 6.42 Å². The van der Waals surface area contributed by atoms with Gasteiger partial charge in [0, 0.05) is 13.5 Å². The van der Waals surface area contributed by atoms with Gasteiger partial charge in [0.1, 0.15) is 5.69 Å². The van der Waals surface area contributed by atoms with E-state index in [-0.39, 0.29) is 34.8 Å². The van der Waals surface area contributed by atoms with Gasteiger partial charge in [0.2, 0.25) is 5.28 Å². The van der Waals surface area contributed by atoms with E-state index in [1.165, 1.54) is 6.92 Å². The number of aromatic nitrogens is 2. The Morgan fingerprint density at radius 2 is 2.05 bits per heavy atom. The number of ether oxygens (including phenoxy) is 2. The molecule has 0 atom stereocenters. The maximum absolute atomic E-state index is 10.9. The molecule has 1 aromatic heterocycles. The molecule has 0 aliphatic carbocycles. The van der Waals surface area contributed by atoms with Crippen LogP contribution in [0.1, 0.15) is 26.0 Å². The highest BCUT2D eigenvalue weighted by atomic mass is 35.5. The molecular weight excluding hydrogens is 274 g/mol. The van der Waals surface area contributed by atoms with Crippen molar-refractivity contribution < 1.29 is 14.4 Å². The lowest BCUT2D eigenvalue weighted by Crippen LogP contribution is -2.25. The summed E-state index contributed by atoms with van der Waals surface area (Å²) < 4.78 is 10.6. The lowest BCUT2D eigenvalue weighted by Gasteiger charge is -2.22. The molecule has 0 aliphatic heterocycles. The van der Waals surface area contributed by atoms with Crippen molar-refractivity contribution in [1.29, 1.82) is 0 Å². The Bertz CT molecular complexity index is 479. The Balaban J connectivity index is 2.86. The average Bonchev–Trinajstić information content (AvgIpc) is 2.27. The first kappa shape index (κ1) is 15.6. The van der Waals surface area contributed by atoms with Crippen LogP contribution < -0.4 is 4.74 Å². The predicted molar refractivity (Wildman–Crippen MR) is 69.6 cm³/mol. The molecule has 0 spiro atoms. The Kier molecular flexibility index (Phi) is 5.02. The number of nitro groups is 1. The zero-order valence-corrected chi connectivity index (χ0v) is 12.0. The van der Waals surface area contributed by atoms with Gasteiger partial charge >= 0.3 is 5.69 Å². The van der Waals surface area contributed by atoms with Gasteiger partial charge in [-0.2, -0.15) is 4.98 Å². The molecule has 1 rings (SSSR count). The molecule has 106 valence electrons. The summed E-state index contributed by atoms with van der Waals surface area (Å²) in [4.78, 5) is 17.9. The topological polar surface area (TPSA) is 87.4 Å². The Labute approximate surface area is 116 Å². The minimum atomic E-state index is -0.581. The molecule has 0 aromatic carbocycles. The van der Waals surface area contributed by atoms with Crippen LogP contribution in [0.4, 0.5) is 5.69 Å². The van der Waals surface area contributed by atoms with Crippen LogP contribution in [0.25, 0.3) is 0 Å². The lowest BCUT2D eigenvalue weighted by atomic mass is 10.1. The summed E-state index contributed by atoms with van der Waals surface area (Å²) in [5.41, 5.74) is -0.466. The normalized spacial score (nSPS) is 11.4. The highest BCUT2D eigenvalue weighted by molar-refractivity contribution is 6.28. The number of nitrogens with zero attached hydrogens (tertiary/aromatic N) is 3. The molecule has 0 saturated carbocycles. The molecule has 0 fully saturated rings. The summed E-state index contributed by atoms with van der Waals surface area (Å²) in [5.74, 6) is -0.116. The van der Waals surface area contributed by atoms with Gasteiger partial charge in [-0.15, -0.1) is 0 Å². The van der Waals surface area contributed by atoms with E-state index in [1.54, 1.807) is 7.11 Å². The summed E-state index contributed by atoms with van der Waals surface area (Å²) in [7, 11) is 1.59. The quantitative estimate of drug-likeness (QED) is 0.454. The maximum Gasteiger partial charge on any atom is 0.352 e. The number of rotatable bonds is 6. The number of methoxy groups -OCH3 is 1. The van der Waals surface area contributed by atoms with Crippen molar-refractivity contribution in [3.05, 3.63) is 21.1 Å². The molecule has 0 bridgehead atoms. The number of hydrogen-bond donors (Lipinski definition) is 0. The number of hydrogen-bond acceptors (Lipinski definition) is 6. The van der Waals surface area contributed by atoms with Crippen molar-refractivity contribution in [1.82, 2.24) is 9.97 Å². The van der Waals surface area contributed by atoms with Gasteiger partial charge in [-0.25, -0.2) is 4.98 Å². The summed E-state index contributed by atoms with van der Waals surface area (Å²) in [6.07, 6.45) is 0.557. The standard InChI is InChI=1S/C11H16ClN3O4/c1-7-8(15(16)17)9(14-10(12)13-7)19-6-5-11(2,3)18-4/h5-6H2,1-4H3. The molecule has 19 heavy (non-hydrogen) atoms. The third-order valence-electron chi connectivity index (χ3n) is 2.68. The third kappa shape index (κ3) is 4.29. The first-order valence-corrected chi connectivity index (χ1v) is 6.01. The van der Waals surface area contributed by atoms with E-state index in [0.717, 1.165) is 0 Å². The molecule has 1 aromatic rings. The monoisotopic (exact) mass is 289 g/mol. The maximum atomic E-state index is 10.9. The third-order valence-corrected chi connectivity index (χ3v) is 2.85. The molecule has 0 radical (unpaired) electrons. The van der Waals surface area contributed by atoms with Gasteiger partial charge in [-0.05, 0) is 32.4 Å². The van der Waals surface area contributed by atoms with Crippen molar-refractivity contribution in [3.63, 3.8) is 0 Å². The van der Waals surface area contributed by atoms with E-state index in [4.69, 9.17) is 21.1 Å². The highest BCUT2D eigenvalue weighted by Gasteiger charge is 2.24. The van der Waals surface area contributed by atoms with Gasteiger partial charge < -0.3 is 9.47 Å². The van der Waals surface area contributed by atoms with Crippen molar-refractivity contribution in [3.8, 4) is 5.88 Å². The van der Waals surface area contributed by atoms with E-state index < -0.39 is 4.92 Å². The van der Waals surface area contributed by atoms with Crippen molar-refractivity contribution in [2.45, 2.75) is 32.8 Å². The number of aryl methyl sites for hydroxylation is 1. The molecule has 7 nitrogen and oxygen atoms in total. The minimum absolute atomic E-state index is 0.0795. The lowest BCUT2D eigenvalue weighted by molar-refractivity contribution is -0.387. The van der Waals surface area contributed by atoms with Crippen LogP contribution in [0.2, 0.25) is 5.28 Å². The van der Waals surface area contributed by atoms with E-state index >= 15 is 0 Å². The molecule has 8 heteroatoms. The first-order chi connectivity index (χ1) is 8.76. The van der Waals surface area contributed by atoms with E-state index in [9.17, 15) is 10.1 Å². The number of halogens is 1. The second-order valence-corrected chi connectivity index (χ2v) is 4.89. The first-order valence-electron chi connectivity index (χ1n) is 5.63. The van der Waals surface area contributed by atoms with Gasteiger partial charge in [0.25, 0.3) is 5.88 Å². The summed E-state index contributed by atoms with van der Waals surface area (Å²) in [6, 6.07) is 0. The Morgan fingerprint density at radius 1 is 1.42 bits per heavy atom. The van der Waals surface area contributed by atoms with Crippen molar-refractivity contribution >= 4 is 17.3 Å². The molecular formula is C11H16ClN3O4. The fourth-order valence-electron chi connectivity index (χ4n) is 1.31. The second kappa shape index (κ2) is 6.12. The van der Waals surface area contributed by atoms with Crippen LogP contribution in [-0.4, -0.2) is 34.2 Å². The predicted octanol–water partition coefficient (Wildman–Crippen LogP) is 2.54. The largest absolute Gasteiger partial charge is 0.473 e. The zero-order chi connectivity index (χ0) is 14.6. The van der Waals surface area contributed by atoms with Crippen LogP contribution in [-0.2, 0) is 4.74 Å². The molecule has 1 heterocycles. The van der Waals surface area contributed by atoms with Crippen LogP contribution in [0.15, 0.2) is 0 Å². The van der Waals surface area contributed by atoms with Crippen LogP contribution in [0.5, 0.6) is 5.88 Å². The average molecular weight is 290 g/mol. The highest BCUT2D eigenvalue weighted by Crippen LogP contribution is 2.29. The molecule has 0 amide bonds. The van der Waals surface area contributed by atoms with Gasteiger partial charge in [-0.3, -0.25) is 10.1 Å². The van der Waals surface area contributed by atoms with Crippen molar-refractivity contribution in [2.24, 2.45) is 0 Å². The molecule has 0 saturated heterocycles. The Hall–Kier alpha value is -1.47. The molecule has 0 N–H and O–H groups in total. The SMILES string of the molecule is COC(C)(C)CCOc1nc(Cl)nc(C)c1[N+](=O)[O-]. The summed E-state index contributed by atoms with van der Waals surface area (Å²) in [6.45, 7) is 5.50. The summed E-state index contributed by atoms with van der Waals surface area (Å²) >= 11 is 5.67. The smallest absolute Gasteiger partial charge is 0.352 e. The fraction of sp³-hybridized carbons (Fsp3) is 0.636.